The number of amidine groups is 1. The molecule has 0 N–H and O–H groups in total. The zero-order valence-electron chi connectivity index (χ0n) is 13.9. The summed E-state index contributed by atoms with van der Waals surface area (Å²) in [5.41, 5.74) is 0.276. The summed E-state index contributed by atoms with van der Waals surface area (Å²) in [5.74, 6) is 0.198. The number of thioether (sulfide) groups is 1. The molecule has 1 amide bonds. The second-order valence-corrected chi connectivity index (χ2v) is 8.39. The lowest BCUT2D eigenvalue weighted by Gasteiger charge is -2.42. The van der Waals surface area contributed by atoms with Crippen LogP contribution in [0.3, 0.4) is 0 Å². The molecule has 0 saturated heterocycles. The number of nitrogens with zero attached hydrogens (tertiary/aromatic N) is 2. The van der Waals surface area contributed by atoms with Gasteiger partial charge in [-0.1, -0.05) is 25.6 Å². The maximum atomic E-state index is 12.5. The molecule has 5 heteroatoms. The Bertz CT molecular complexity index is 421. The van der Waals surface area contributed by atoms with Gasteiger partial charge in [-0.25, -0.2) is 0 Å². The Kier molecular flexibility index (Phi) is 5.36. The highest BCUT2D eigenvalue weighted by Crippen LogP contribution is 2.46. The van der Waals surface area contributed by atoms with E-state index in [9.17, 15) is 4.79 Å². The smallest absolute Gasteiger partial charge is 0.252 e. The Labute approximate surface area is 132 Å². The van der Waals surface area contributed by atoms with E-state index in [0.717, 1.165) is 24.6 Å². The van der Waals surface area contributed by atoms with Gasteiger partial charge in [0.1, 0.15) is 0 Å². The van der Waals surface area contributed by atoms with Crippen LogP contribution in [-0.2, 0) is 9.53 Å². The fraction of sp³-hybridized carbons (Fsp3) is 0.875. The summed E-state index contributed by atoms with van der Waals surface area (Å²) in [5, 5.41) is 1.30. The molecular weight excluding hydrogens is 284 g/mol. The Morgan fingerprint density at radius 1 is 1.48 bits per heavy atom. The fourth-order valence-electron chi connectivity index (χ4n) is 3.19. The van der Waals surface area contributed by atoms with E-state index < -0.39 is 0 Å². The molecule has 2 unspecified atom stereocenters. The van der Waals surface area contributed by atoms with Crippen molar-refractivity contribution in [3.8, 4) is 0 Å². The van der Waals surface area contributed by atoms with Gasteiger partial charge < -0.3 is 9.64 Å². The van der Waals surface area contributed by atoms with Crippen LogP contribution in [0.1, 0.15) is 47.0 Å². The predicted octanol–water partition coefficient (Wildman–Crippen LogP) is 3.17. The third-order valence-electron chi connectivity index (χ3n) is 4.51. The highest BCUT2D eigenvalue weighted by atomic mass is 32.2. The van der Waals surface area contributed by atoms with Gasteiger partial charge in [-0.2, -0.15) is 4.99 Å². The van der Waals surface area contributed by atoms with E-state index >= 15 is 0 Å². The van der Waals surface area contributed by atoms with E-state index in [2.05, 4.69) is 37.6 Å². The fourth-order valence-corrected chi connectivity index (χ4v) is 4.65. The normalized spacial score (nSPS) is 28.3. The van der Waals surface area contributed by atoms with Gasteiger partial charge in [0.15, 0.2) is 5.17 Å². The molecule has 0 spiro atoms. The zero-order chi connectivity index (χ0) is 15.6. The van der Waals surface area contributed by atoms with Gasteiger partial charge in [-0.3, -0.25) is 4.79 Å². The molecule has 0 bridgehead atoms. The first kappa shape index (κ1) is 16.8. The van der Waals surface area contributed by atoms with Crippen LogP contribution in [0.25, 0.3) is 0 Å². The van der Waals surface area contributed by atoms with Crippen molar-refractivity contribution in [1.82, 2.24) is 4.90 Å². The van der Waals surface area contributed by atoms with Crippen LogP contribution in [0.15, 0.2) is 4.99 Å². The van der Waals surface area contributed by atoms with Crippen LogP contribution in [0, 0.1) is 11.3 Å². The molecule has 2 rings (SSSR count). The first-order valence-corrected chi connectivity index (χ1v) is 8.77. The Balaban J connectivity index is 2.14. The number of methoxy groups -OCH3 is 1. The first-order chi connectivity index (χ1) is 9.84. The van der Waals surface area contributed by atoms with E-state index in [1.807, 2.05) is 0 Å². The van der Waals surface area contributed by atoms with Crippen molar-refractivity contribution in [2.75, 3.05) is 20.3 Å². The molecule has 120 valence electrons. The maximum Gasteiger partial charge on any atom is 0.252 e. The van der Waals surface area contributed by atoms with E-state index in [1.54, 1.807) is 18.9 Å². The summed E-state index contributed by atoms with van der Waals surface area (Å²) >= 11 is 1.81. The van der Waals surface area contributed by atoms with Gasteiger partial charge in [0.2, 0.25) is 0 Å². The summed E-state index contributed by atoms with van der Waals surface area (Å²) in [4.78, 5) is 19.1. The quantitative estimate of drug-likeness (QED) is 0.799. The number of carbonyl (C=O) groups is 1. The third kappa shape index (κ3) is 4.01. The van der Waals surface area contributed by atoms with Crippen molar-refractivity contribution in [3.63, 3.8) is 0 Å². The zero-order valence-corrected chi connectivity index (χ0v) is 14.7. The van der Waals surface area contributed by atoms with Gasteiger partial charge in [0.25, 0.3) is 5.91 Å². The number of aliphatic imine (C=N–C) groups is 1. The Hall–Kier alpha value is -0.550. The topological polar surface area (TPSA) is 41.9 Å². The summed E-state index contributed by atoms with van der Waals surface area (Å²) in [6.45, 7) is 10.3. The molecule has 4 nitrogen and oxygen atoms in total. The van der Waals surface area contributed by atoms with Crippen molar-refractivity contribution in [2.24, 2.45) is 16.3 Å². The van der Waals surface area contributed by atoms with Gasteiger partial charge in [-0.15, -0.1) is 0 Å². The summed E-state index contributed by atoms with van der Waals surface area (Å²) < 4.78 is 5.18. The average molecular weight is 312 g/mol. The Morgan fingerprint density at radius 2 is 2.19 bits per heavy atom. The molecule has 1 aliphatic carbocycles. The van der Waals surface area contributed by atoms with Gasteiger partial charge in [-0.05, 0) is 38.5 Å². The monoisotopic (exact) mass is 312 g/mol. The molecule has 1 fully saturated rings. The second kappa shape index (κ2) is 6.69. The molecule has 1 saturated carbocycles. The van der Waals surface area contributed by atoms with Crippen LogP contribution in [0.5, 0.6) is 0 Å². The summed E-state index contributed by atoms with van der Waals surface area (Å²) in [6, 6.07) is 0.329. The molecule has 1 heterocycles. The molecule has 2 aliphatic rings. The molecule has 0 aromatic rings. The van der Waals surface area contributed by atoms with Gasteiger partial charge in [0, 0.05) is 24.9 Å². The molecule has 0 aromatic heterocycles. The second-order valence-electron chi connectivity index (χ2n) is 7.18. The van der Waals surface area contributed by atoms with Crippen LogP contribution in [0.4, 0.5) is 0 Å². The van der Waals surface area contributed by atoms with Crippen LogP contribution >= 0.6 is 11.8 Å². The van der Waals surface area contributed by atoms with Gasteiger partial charge >= 0.3 is 0 Å². The van der Waals surface area contributed by atoms with E-state index in [1.165, 1.54) is 6.42 Å². The number of rotatable bonds is 4. The number of ether oxygens (including phenoxy) is 1. The Morgan fingerprint density at radius 3 is 2.81 bits per heavy atom. The van der Waals surface area contributed by atoms with Crippen molar-refractivity contribution >= 4 is 22.8 Å². The number of hydrogen-bond acceptors (Lipinski definition) is 4. The van der Waals surface area contributed by atoms with Gasteiger partial charge in [0.05, 0.1) is 12.5 Å². The highest BCUT2D eigenvalue weighted by molar-refractivity contribution is 8.14. The number of fused-ring (bicyclic) bond motifs is 1. The van der Waals surface area contributed by atoms with Crippen molar-refractivity contribution in [3.05, 3.63) is 0 Å². The van der Waals surface area contributed by atoms with Crippen molar-refractivity contribution < 1.29 is 9.53 Å². The minimum absolute atomic E-state index is 0.0876. The highest BCUT2D eigenvalue weighted by Gasteiger charge is 2.43. The van der Waals surface area contributed by atoms with E-state index in [-0.39, 0.29) is 17.2 Å². The minimum atomic E-state index is 0.0876. The summed E-state index contributed by atoms with van der Waals surface area (Å²) in [7, 11) is 1.71. The number of carbonyl (C=O) groups excluding carboxylic acids is 1. The summed E-state index contributed by atoms with van der Waals surface area (Å²) in [6.07, 6.45) is 3.28. The standard InChI is InChI=1S/C16H28N2O2S/c1-11(2)18(8-9-20-5)15-17-14(19)12-10-16(3,4)7-6-13(12)21-15/h11-13H,6-10H2,1-5H3. The minimum Gasteiger partial charge on any atom is -0.383 e. The van der Waals surface area contributed by atoms with Crippen LogP contribution in [-0.4, -0.2) is 47.5 Å². The lowest BCUT2D eigenvalue weighted by atomic mass is 9.71. The van der Waals surface area contributed by atoms with Crippen molar-refractivity contribution in [2.45, 2.75) is 58.2 Å². The molecule has 21 heavy (non-hydrogen) atoms. The maximum absolute atomic E-state index is 12.5. The predicted molar refractivity (Wildman–Crippen MR) is 88.7 cm³/mol. The lowest BCUT2D eigenvalue weighted by Crippen LogP contribution is -2.45. The average Bonchev–Trinajstić information content (AvgIpc) is 2.39. The number of amides is 1. The molecule has 0 radical (unpaired) electrons. The van der Waals surface area contributed by atoms with E-state index in [4.69, 9.17) is 4.74 Å². The molecule has 2 atom stereocenters. The number of hydrogen-bond donors (Lipinski definition) is 0. The molecular formula is C16H28N2O2S. The largest absolute Gasteiger partial charge is 0.383 e. The SMILES string of the molecule is COCCN(C1=NC(=O)C2CC(C)(C)CCC2S1)C(C)C. The van der Waals surface area contributed by atoms with Crippen LogP contribution < -0.4 is 0 Å². The van der Waals surface area contributed by atoms with Crippen molar-refractivity contribution in [1.29, 1.82) is 0 Å². The van der Waals surface area contributed by atoms with E-state index in [0.29, 0.717) is 17.9 Å². The lowest BCUT2D eigenvalue weighted by molar-refractivity contribution is -0.123. The molecule has 0 aromatic carbocycles. The first-order valence-electron chi connectivity index (χ1n) is 7.89. The molecule has 1 aliphatic heterocycles. The third-order valence-corrected chi connectivity index (χ3v) is 5.92. The van der Waals surface area contributed by atoms with Crippen LogP contribution in [0.2, 0.25) is 0 Å².